The highest BCUT2D eigenvalue weighted by Crippen LogP contribution is 2.34. The van der Waals surface area contributed by atoms with Gasteiger partial charge in [0.15, 0.2) is 0 Å². The molecule has 0 amide bonds. The van der Waals surface area contributed by atoms with Crippen LogP contribution >= 0.6 is 0 Å². The summed E-state index contributed by atoms with van der Waals surface area (Å²) in [7, 11) is -5.54. The second-order valence-corrected chi connectivity index (χ2v) is 16.0. The number of hydrogen-bond donors (Lipinski definition) is 0. The minimum absolute atomic E-state index is 0.347. The van der Waals surface area contributed by atoms with Crippen molar-refractivity contribution in [3.8, 4) is 0 Å². The molecule has 0 atom stereocenters. The summed E-state index contributed by atoms with van der Waals surface area (Å²) >= 11 is 0. The summed E-state index contributed by atoms with van der Waals surface area (Å²) < 4.78 is 34.4. The fourth-order valence-corrected chi connectivity index (χ4v) is 7.21. The van der Waals surface area contributed by atoms with E-state index in [0.29, 0.717) is 24.7 Å². The summed E-state index contributed by atoms with van der Waals surface area (Å²) in [6.45, 7) is 12.2. The Morgan fingerprint density at radius 3 is 2.33 bits per heavy atom. The number of anilines is 2. The van der Waals surface area contributed by atoms with Gasteiger partial charge in [-0.2, -0.15) is 0 Å². The number of fused-ring (bicyclic) bond motifs is 1. The summed E-state index contributed by atoms with van der Waals surface area (Å²) in [5.74, 6) is 0.962. The molecule has 0 bridgehead atoms. The molecule has 1 aromatic heterocycles. The molecule has 2 aliphatic heterocycles. The van der Waals surface area contributed by atoms with E-state index < -0.39 is 18.1 Å². The van der Waals surface area contributed by atoms with Crippen LogP contribution in [0, 0.1) is 6.92 Å². The van der Waals surface area contributed by atoms with Crippen molar-refractivity contribution in [3.05, 3.63) is 41.5 Å². The molecule has 6 nitrogen and oxygen atoms in total. The van der Waals surface area contributed by atoms with E-state index in [9.17, 15) is 8.42 Å². The Morgan fingerprint density at radius 2 is 1.70 bits per heavy atom. The highest BCUT2D eigenvalue weighted by Gasteiger charge is 2.36. The Labute approximate surface area is 180 Å². The van der Waals surface area contributed by atoms with E-state index in [1.54, 1.807) is 16.4 Å². The van der Waals surface area contributed by atoms with Gasteiger partial charge in [0.25, 0.3) is 10.0 Å². The van der Waals surface area contributed by atoms with Crippen molar-refractivity contribution in [2.45, 2.75) is 44.3 Å². The number of rotatable bonds is 4. The number of benzene rings is 1. The van der Waals surface area contributed by atoms with Crippen LogP contribution in [0.25, 0.3) is 0 Å². The number of pyridine rings is 1. The van der Waals surface area contributed by atoms with Crippen LogP contribution in [-0.2, 0) is 21.2 Å². The first-order chi connectivity index (χ1) is 14.2. The van der Waals surface area contributed by atoms with Crippen molar-refractivity contribution < 1.29 is 13.2 Å². The van der Waals surface area contributed by atoms with Gasteiger partial charge in [-0.3, -0.25) is 4.31 Å². The average molecular weight is 446 g/mol. The predicted molar refractivity (Wildman–Crippen MR) is 124 cm³/mol. The molecule has 8 heteroatoms. The van der Waals surface area contributed by atoms with Crippen molar-refractivity contribution in [2.24, 2.45) is 0 Å². The SMILES string of the molecule is Cc1ccc(S(=O)(=O)N2CCCc3cc(N4CCOCC4)nc([Si](C)(C)C)c32)cc1. The molecule has 0 aliphatic carbocycles. The summed E-state index contributed by atoms with van der Waals surface area (Å²) in [6.07, 6.45) is 1.70. The van der Waals surface area contributed by atoms with Crippen molar-refractivity contribution in [1.82, 2.24) is 4.98 Å². The highest BCUT2D eigenvalue weighted by atomic mass is 32.2. The molecule has 2 aromatic rings. The molecule has 0 N–H and O–H groups in total. The van der Waals surface area contributed by atoms with E-state index in [1.165, 1.54) is 0 Å². The normalized spacial score (nSPS) is 17.7. The van der Waals surface area contributed by atoms with Gasteiger partial charge in [0.1, 0.15) is 13.9 Å². The van der Waals surface area contributed by atoms with Gasteiger partial charge in [0.2, 0.25) is 0 Å². The summed E-state index contributed by atoms with van der Waals surface area (Å²) in [5.41, 5.74) is 2.98. The van der Waals surface area contributed by atoms with E-state index >= 15 is 0 Å². The minimum atomic E-state index is -3.63. The summed E-state index contributed by atoms with van der Waals surface area (Å²) in [5, 5.41) is 0.983. The molecule has 30 heavy (non-hydrogen) atoms. The van der Waals surface area contributed by atoms with E-state index in [-0.39, 0.29) is 0 Å². The average Bonchev–Trinajstić information content (AvgIpc) is 2.72. The quantitative estimate of drug-likeness (QED) is 0.677. The first kappa shape index (κ1) is 21.3. The second kappa shape index (κ2) is 7.98. The van der Waals surface area contributed by atoms with Crippen LogP contribution in [0.3, 0.4) is 0 Å². The van der Waals surface area contributed by atoms with E-state index in [4.69, 9.17) is 9.72 Å². The minimum Gasteiger partial charge on any atom is -0.378 e. The molecular weight excluding hydrogens is 414 g/mol. The maximum atomic E-state index is 13.6. The molecule has 0 spiro atoms. The molecule has 1 saturated heterocycles. The van der Waals surface area contributed by atoms with Crippen molar-refractivity contribution in [3.63, 3.8) is 0 Å². The molecule has 3 heterocycles. The first-order valence-electron chi connectivity index (χ1n) is 10.6. The lowest BCUT2D eigenvalue weighted by Crippen LogP contribution is -2.49. The van der Waals surface area contributed by atoms with Gasteiger partial charge in [-0.15, -0.1) is 0 Å². The molecular formula is C22H31N3O3SSi. The fraction of sp³-hybridized carbons (Fsp3) is 0.500. The number of nitrogens with zero attached hydrogens (tertiary/aromatic N) is 3. The molecule has 1 aromatic carbocycles. The van der Waals surface area contributed by atoms with Crippen molar-refractivity contribution >= 4 is 34.9 Å². The van der Waals surface area contributed by atoms with E-state index in [1.807, 2.05) is 19.1 Å². The van der Waals surface area contributed by atoms with Crippen LogP contribution < -0.4 is 14.5 Å². The van der Waals surface area contributed by atoms with Gasteiger partial charge in [-0.25, -0.2) is 13.4 Å². The van der Waals surface area contributed by atoms with Gasteiger partial charge in [0.05, 0.1) is 23.8 Å². The molecule has 0 radical (unpaired) electrons. The van der Waals surface area contributed by atoms with Crippen LogP contribution in [0.4, 0.5) is 11.5 Å². The van der Waals surface area contributed by atoms with Crippen LogP contribution in [0.1, 0.15) is 17.5 Å². The van der Waals surface area contributed by atoms with Gasteiger partial charge in [0, 0.05) is 25.0 Å². The monoisotopic (exact) mass is 445 g/mol. The number of hydrogen-bond acceptors (Lipinski definition) is 5. The zero-order valence-corrected chi connectivity index (χ0v) is 20.1. The standard InChI is InChI=1S/C22H31N3O3SSi/c1-17-7-9-19(10-8-17)29(26,27)25-11-5-6-18-16-20(24-12-14-28-15-13-24)23-22(21(18)25)30(2,3)4/h7-10,16H,5-6,11-15H2,1-4H3. The van der Waals surface area contributed by atoms with Crippen molar-refractivity contribution in [2.75, 3.05) is 42.1 Å². The highest BCUT2D eigenvalue weighted by molar-refractivity contribution is 7.92. The Bertz CT molecular complexity index is 1030. The fourth-order valence-electron chi connectivity index (χ4n) is 4.13. The van der Waals surface area contributed by atoms with Gasteiger partial charge >= 0.3 is 0 Å². The van der Waals surface area contributed by atoms with E-state index in [0.717, 1.165) is 53.9 Å². The molecule has 0 saturated carbocycles. The maximum Gasteiger partial charge on any atom is 0.264 e. The Balaban J connectivity index is 1.85. The van der Waals surface area contributed by atoms with Crippen LogP contribution in [-0.4, -0.2) is 54.3 Å². The number of sulfonamides is 1. The number of aromatic nitrogens is 1. The Kier molecular flexibility index (Phi) is 5.67. The lowest BCUT2D eigenvalue weighted by atomic mass is 10.1. The third-order valence-electron chi connectivity index (χ3n) is 5.77. The van der Waals surface area contributed by atoms with Gasteiger partial charge in [-0.1, -0.05) is 37.3 Å². The predicted octanol–water partition coefficient (Wildman–Crippen LogP) is 2.91. The van der Waals surface area contributed by atoms with E-state index in [2.05, 4.69) is 30.6 Å². The van der Waals surface area contributed by atoms with Gasteiger partial charge in [-0.05, 0) is 43.5 Å². The molecule has 4 rings (SSSR count). The lowest BCUT2D eigenvalue weighted by Gasteiger charge is -2.37. The topological polar surface area (TPSA) is 62.7 Å². The molecule has 1 fully saturated rings. The number of morpholine rings is 1. The Morgan fingerprint density at radius 1 is 1.03 bits per heavy atom. The van der Waals surface area contributed by atoms with Crippen LogP contribution in [0.5, 0.6) is 0 Å². The summed E-state index contributed by atoms with van der Waals surface area (Å²) in [6, 6.07) is 9.25. The lowest BCUT2D eigenvalue weighted by molar-refractivity contribution is 0.122. The van der Waals surface area contributed by atoms with Gasteiger partial charge < -0.3 is 9.64 Å². The number of ether oxygens (including phenoxy) is 1. The van der Waals surface area contributed by atoms with Crippen LogP contribution in [0.15, 0.2) is 35.2 Å². The molecule has 2 aliphatic rings. The molecule has 162 valence electrons. The zero-order chi connectivity index (χ0) is 21.5. The smallest absolute Gasteiger partial charge is 0.264 e. The third kappa shape index (κ3) is 4.00. The third-order valence-corrected chi connectivity index (χ3v) is 9.35. The molecule has 0 unspecified atom stereocenters. The van der Waals surface area contributed by atoms with Crippen molar-refractivity contribution in [1.29, 1.82) is 0 Å². The second-order valence-electron chi connectivity index (χ2n) is 9.18. The Hall–Kier alpha value is -1.90. The van der Waals surface area contributed by atoms with Crippen LogP contribution in [0.2, 0.25) is 19.6 Å². The first-order valence-corrected chi connectivity index (χ1v) is 15.6. The largest absolute Gasteiger partial charge is 0.378 e. The summed E-state index contributed by atoms with van der Waals surface area (Å²) in [4.78, 5) is 7.69. The number of aryl methyl sites for hydroxylation is 2. The zero-order valence-electron chi connectivity index (χ0n) is 18.3. The maximum absolute atomic E-state index is 13.6.